The molecule has 0 aliphatic carbocycles. The number of alkyl halides is 3. The normalized spacial score (nSPS) is 12.5. The molecule has 2 rings (SSSR count). The van der Waals surface area contributed by atoms with Gasteiger partial charge in [0, 0.05) is 16.4 Å². The van der Waals surface area contributed by atoms with E-state index in [1.165, 1.54) is 12.1 Å². The van der Waals surface area contributed by atoms with E-state index in [4.69, 9.17) is 0 Å². The van der Waals surface area contributed by atoms with E-state index < -0.39 is 6.36 Å². The third-order valence-electron chi connectivity index (χ3n) is 2.53. The van der Waals surface area contributed by atoms with Gasteiger partial charge in [-0.1, -0.05) is 20.8 Å². The molecule has 0 N–H and O–H groups in total. The number of aromatic nitrogens is 1. The summed E-state index contributed by atoms with van der Waals surface area (Å²) < 4.78 is 40.0. The van der Waals surface area contributed by atoms with E-state index >= 15 is 0 Å². The molecule has 0 saturated heterocycles. The van der Waals surface area contributed by atoms with Crippen LogP contribution < -0.4 is 4.74 Å². The van der Waals surface area contributed by atoms with Crippen LogP contribution in [0.25, 0.3) is 11.3 Å². The van der Waals surface area contributed by atoms with Crippen molar-refractivity contribution in [2.75, 3.05) is 0 Å². The van der Waals surface area contributed by atoms with Crippen molar-refractivity contribution in [3.8, 4) is 17.0 Å². The second kappa shape index (κ2) is 5.09. The van der Waals surface area contributed by atoms with Crippen LogP contribution in [0, 0.1) is 0 Å². The molecule has 1 heterocycles. The molecule has 0 fully saturated rings. The fourth-order valence-electron chi connectivity index (χ4n) is 1.58. The van der Waals surface area contributed by atoms with Crippen LogP contribution in [0.15, 0.2) is 29.6 Å². The number of halogens is 3. The molecule has 0 aliphatic heterocycles. The third kappa shape index (κ3) is 3.72. The van der Waals surface area contributed by atoms with Crippen molar-refractivity contribution >= 4 is 11.3 Å². The van der Waals surface area contributed by atoms with Gasteiger partial charge in [0.25, 0.3) is 0 Å². The van der Waals surface area contributed by atoms with Gasteiger partial charge in [-0.3, -0.25) is 0 Å². The molecule has 108 valence electrons. The van der Waals surface area contributed by atoms with Crippen LogP contribution in [0.4, 0.5) is 13.2 Å². The molecule has 0 unspecified atom stereocenters. The summed E-state index contributed by atoms with van der Waals surface area (Å²) in [7, 11) is 0. The Hall–Kier alpha value is -1.56. The Morgan fingerprint density at radius 3 is 2.10 bits per heavy atom. The fraction of sp³-hybridized carbons (Fsp3) is 0.357. The van der Waals surface area contributed by atoms with Crippen LogP contribution in [0.3, 0.4) is 0 Å². The van der Waals surface area contributed by atoms with E-state index in [9.17, 15) is 13.2 Å². The van der Waals surface area contributed by atoms with Crippen LogP contribution in [-0.2, 0) is 5.41 Å². The van der Waals surface area contributed by atoms with Crippen molar-refractivity contribution in [1.82, 2.24) is 4.98 Å². The Morgan fingerprint density at radius 2 is 1.65 bits per heavy atom. The summed E-state index contributed by atoms with van der Waals surface area (Å²) in [6, 6.07) is 5.73. The van der Waals surface area contributed by atoms with Crippen molar-refractivity contribution in [3.63, 3.8) is 0 Å². The summed E-state index contributed by atoms with van der Waals surface area (Å²) in [6.45, 7) is 6.20. The number of thiazole rings is 1. The summed E-state index contributed by atoms with van der Waals surface area (Å²) in [5, 5.41) is 2.89. The highest BCUT2D eigenvalue weighted by molar-refractivity contribution is 7.10. The Bertz CT molecular complexity index is 582. The Labute approximate surface area is 119 Å². The van der Waals surface area contributed by atoms with Crippen LogP contribution >= 0.6 is 11.3 Å². The zero-order valence-corrected chi connectivity index (χ0v) is 12.1. The topological polar surface area (TPSA) is 22.1 Å². The summed E-state index contributed by atoms with van der Waals surface area (Å²) in [6.07, 6.45) is -4.67. The molecule has 2 nitrogen and oxygen atoms in total. The number of hydrogen-bond donors (Lipinski definition) is 0. The summed E-state index contributed by atoms with van der Waals surface area (Å²) in [4.78, 5) is 4.51. The van der Waals surface area contributed by atoms with Crippen LogP contribution in [-0.4, -0.2) is 11.3 Å². The first kappa shape index (κ1) is 14.8. The van der Waals surface area contributed by atoms with Gasteiger partial charge in [-0.2, -0.15) is 0 Å². The van der Waals surface area contributed by atoms with Crippen molar-refractivity contribution in [2.45, 2.75) is 32.5 Å². The number of hydrogen-bond acceptors (Lipinski definition) is 3. The Morgan fingerprint density at radius 1 is 1.05 bits per heavy atom. The van der Waals surface area contributed by atoms with Crippen LogP contribution in [0.1, 0.15) is 25.8 Å². The number of ether oxygens (including phenoxy) is 1. The third-order valence-corrected chi connectivity index (χ3v) is 3.80. The summed E-state index contributed by atoms with van der Waals surface area (Å²) in [5.74, 6) is -0.229. The molecule has 0 spiro atoms. The highest BCUT2D eigenvalue weighted by Crippen LogP contribution is 2.31. The van der Waals surface area contributed by atoms with Crippen LogP contribution in [0.2, 0.25) is 0 Å². The van der Waals surface area contributed by atoms with E-state index in [1.54, 1.807) is 23.5 Å². The maximum Gasteiger partial charge on any atom is 0.573 e. The van der Waals surface area contributed by atoms with E-state index in [1.807, 2.05) is 5.38 Å². The monoisotopic (exact) mass is 301 g/mol. The van der Waals surface area contributed by atoms with Crippen LogP contribution in [0.5, 0.6) is 5.75 Å². The quantitative estimate of drug-likeness (QED) is 0.778. The molecule has 2 aromatic rings. The zero-order valence-electron chi connectivity index (χ0n) is 11.3. The number of rotatable bonds is 2. The summed E-state index contributed by atoms with van der Waals surface area (Å²) in [5.41, 5.74) is 1.49. The minimum absolute atomic E-state index is 0.0394. The maximum absolute atomic E-state index is 12.1. The van der Waals surface area contributed by atoms with E-state index in [0.717, 1.165) is 16.3 Å². The minimum Gasteiger partial charge on any atom is -0.406 e. The van der Waals surface area contributed by atoms with Crippen molar-refractivity contribution in [3.05, 3.63) is 34.7 Å². The lowest BCUT2D eigenvalue weighted by molar-refractivity contribution is -0.274. The molecule has 1 aromatic heterocycles. The average Bonchev–Trinajstić information content (AvgIpc) is 2.76. The molecule has 1 aromatic carbocycles. The molecule has 20 heavy (non-hydrogen) atoms. The Balaban J connectivity index is 2.20. The standard InChI is InChI=1S/C14H14F3NOS/c1-13(2,3)12-18-11(8-20-12)9-4-6-10(7-5-9)19-14(15,16)17/h4-8H,1-3H3. The maximum atomic E-state index is 12.1. The van der Waals surface area contributed by atoms with Gasteiger partial charge in [-0.25, -0.2) is 4.98 Å². The molecule has 0 radical (unpaired) electrons. The largest absolute Gasteiger partial charge is 0.573 e. The SMILES string of the molecule is CC(C)(C)c1nc(-c2ccc(OC(F)(F)F)cc2)cs1. The molecule has 0 amide bonds. The number of benzene rings is 1. The molecule has 0 saturated carbocycles. The molecule has 0 bridgehead atoms. The minimum atomic E-state index is -4.67. The first-order chi connectivity index (χ1) is 9.15. The smallest absolute Gasteiger partial charge is 0.406 e. The Kier molecular flexibility index (Phi) is 3.77. The van der Waals surface area contributed by atoms with Crippen molar-refractivity contribution in [2.24, 2.45) is 0 Å². The second-order valence-electron chi connectivity index (χ2n) is 5.36. The lowest BCUT2D eigenvalue weighted by Crippen LogP contribution is -2.16. The molecule has 0 aliphatic rings. The van der Waals surface area contributed by atoms with Gasteiger partial charge >= 0.3 is 6.36 Å². The lowest BCUT2D eigenvalue weighted by atomic mass is 9.98. The number of nitrogens with zero attached hydrogens (tertiary/aromatic N) is 1. The fourth-order valence-corrected chi connectivity index (χ4v) is 2.49. The highest BCUT2D eigenvalue weighted by Gasteiger charge is 2.31. The van der Waals surface area contributed by atoms with Gasteiger partial charge in [0.2, 0.25) is 0 Å². The predicted molar refractivity (Wildman–Crippen MR) is 72.9 cm³/mol. The zero-order chi connectivity index (χ0) is 15.0. The predicted octanol–water partition coefficient (Wildman–Crippen LogP) is 5.01. The first-order valence-electron chi connectivity index (χ1n) is 5.97. The van der Waals surface area contributed by atoms with Gasteiger partial charge in [-0.05, 0) is 24.3 Å². The van der Waals surface area contributed by atoms with Crippen molar-refractivity contribution in [1.29, 1.82) is 0 Å². The van der Waals surface area contributed by atoms with E-state index in [2.05, 4.69) is 30.5 Å². The first-order valence-corrected chi connectivity index (χ1v) is 6.85. The molecule has 0 atom stereocenters. The molecule has 6 heteroatoms. The van der Waals surface area contributed by atoms with Gasteiger partial charge in [0.15, 0.2) is 0 Å². The lowest BCUT2D eigenvalue weighted by Gasteiger charge is -2.13. The van der Waals surface area contributed by atoms with Gasteiger partial charge < -0.3 is 4.74 Å². The average molecular weight is 301 g/mol. The van der Waals surface area contributed by atoms with Gasteiger partial charge in [0.1, 0.15) is 5.75 Å². The second-order valence-corrected chi connectivity index (χ2v) is 6.22. The summed E-state index contributed by atoms with van der Waals surface area (Å²) >= 11 is 1.54. The molecular formula is C14H14F3NOS. The highest BCUT2D eigenvalue weighted by atomic mass is 32.1. The van der Waals surface area contributed by atoms with Crippen molar-refractivity contribution < 1.29 is 17.9 Å². The van der Waals surface area contributed by atoms with Gasteiger partial charge in [0.05, 0.1) is 10.7 Å². The van der Waals surface area contributed by atoms with E-state index in [-0.39, 0.29) is 11.2 Å². The molecular weight excluding hydrogens is 287 g/mol. The van der Waals surface area contributed by atoms with E-state index in [0.29, 0.717) is 0 Å². The van der Waals surface area contributed by atoms with Gasteiger partial charge in [-0.15, -0.1) is 24.5 Å².